The first kappa shape index (κ1) is 11.8. The molecule has 0 saturated heterocycles. The number of Topliss-reactive ketones (excluding diaryl/α,β-unsaturated/α-hetero) is 1. The minimum atomic E-state index is 0.194. The lowest BCUT2D eigenvalue weighted by molar-refractivity contribution is -0.151. The van der Waals surface area contributed by atoms with Crippen LogP contribution in [0.2, 0.25) is 0 Å². The maximum Gasteiger partial charge on any atom is 0.137 e. The highest BCUT2D eigenvalue weighted by molar-refractivity contribution is 5.85. The largest absolute Gasteiger partial charge is 0.497 e. The fourth-order valence-corrected chi connectivity index (χ4v) is 3.89. The van der Waals surface area contributed by atoms with E-state index in [0.29, 0.717) is 23.5 Å². The second-order valence-corrected chi connectivity index (χ2v) is 6.27. The Balaban J connectivity index is 1.89. The molecule has 1 aromatic carbocycles. The van der Waals surface area contributed by atoms with E-state index in [2.05, 4.69) is 26.0 Å². The summed E-state index contributed by atoms with van der Waals surface area (Å²) in [5.74, 6) is 2.73. The Bertz CT molecular complexity index is 472. The number of methoxy groups -OCH3 is 1. The van der Waals surface area contributed by atoms with Crippen molar-refractivity contribution < 1.29 is 9.53 Å². The van der Waals surface area contributed by atoms with Gasteiger partial charge < -0.3 is 4.74 Å². The lowest BCUT2D eigenvalue weighted by atomic mass is 9.44. The van der Waals surface area contributed by atoms with Crippen LogP contribution < -0.4 is 4.74 Å². The minimum Gasteiger partial charge on any atom is -0.497 e. The lowest BCUT2D eigenvalue weighted by Crippen LogP contribution is -2.56. The number of fused-ring (bicyclic) bond motifs is 2. The summed E-state index contributed by atoms with van der Waals surface area (Å²) >= 11 is 0. The van der Waals surface area contributed by atoms with Crippen molar-refractivity contribution in [3.63, 3.8) is 0 Å². The van der Waals surface area contributed by atoms with Gasteiger partial charge in [-0.3, -0.25) is 4.79 Å². The van der Waals surface area contributed by atoms with E-state index in [4.69, 9.17) is 4.74 Å². The highest BCUT2D eigenvalue weighted by Crippen LogP contribution is 2.62. The van der Waals surface area contributed by atoms with Crippen LogP contribution in [0, 0.1) is 17.3 Å². The van der Waals surface area contributed by atoms with Crippen LogP contribution >= 0.6 is 0 Å². The number of hydrogen-bond donors (Lipinski definition) is 0. The van der Waals surface area contributed by atoms with Crippen LogP contribution in [0.25, 0.3) is 0 Å². The molecule has 3 fully saturated rings. The molecule has 4 rings (SSSR count). The fourth-order valence-electron chi connectivity index (χ4n) is 3.89. The zero-order valence-electron chi connectivity index (χ0n) is 11.3. The summed E-state index contributed by atoms with van der Waals surface area (Å²) in [4.78, 5) is 12.1. The maximum atomic E-state index is 12.1. The van der Waals surface area contributed by atoms with E-state index < -0.39 is 0 Å². The smallest absolute Gasteiger partial charge is 0.137 e. The van der Waals surface area contributed by atoms with Crippen molar-refractivity contribution in [2.75, 3.05) is 7.11 Å². The zero-order valence-corrected chi connectivity index (χ0v) is 11.3. The van der Waals surface area contributed by atoms with Crippen molar-refractivity contribution in [2.45, 2.75) is 32.6 Å². The second-order valence-electron chi connectivity index (χ2n) is 6.27. The Kier molecular flexibility index (Phi) is 2.51. The molecule has 96 valence electrons. The Morgan fingerprint density at radius 1 is 1.22 bits per heavy atom. The van der Waals surface area contributed by atoms with Crippen molar-refractivity contribution in [3.8, 4) is 5.75 Å². The van der Waals surface area contributed by atoms with Gasteiger partial charge in [0.15, 0.2) is 0 Å². The second kappa shape index (κ2) is 3.84. The van der Waals surface area contributed by atoms with Gasteiger partial charge in [0, 0.05) is 12.3 Å². The van der Waals surface area contributed by atoms with Gasteiger partial charge in [-0.25, -0.2) is 0 Å². The molecule has 3 aliphatic carbocycles. The molecule has 0 heterocycles. The summed E-state index contributed by atoms with van der Waals surface area (Å²) in [6.07, 6.45) is 1.81. The van der Waals surface area contributed by atoms with Gasteiger partial charge in [-0.2, -0.15) is 0 Å². The average Bonchev–Trinajstić information content (AvgIpc) is 2.37. The predicted octanol–water partition coefficient (Wildman–Crippen LogP) is 3.41. The van der Waals surface area contributed by atoms with Crippen LogP contribution in [-0.4, -0.2) is 12.9 Å². The molecular formula is C16H20O2. The third kappa shape index (κ3) is 1.51. The SMILES string of the molecule is COc1ccc([C@@H]2CC(=O)[C@@H]3C[C@H]2C3(C)C)cc1. The zero-order chi connectivity index (χ0) is 12.9. The standard InChI is InChI=1S/C16H20O2/c1-16(2)13-9-14(16)15(17)8-12(13)10-4-6-11(18-3)7-5-10/h4-7,12-14H,8-9H2,1-3H3/t12-,13+,14-/m0/s1. The summed E-state index contributed by atoms with van der Waals surface area (Å²) < 4.78 is 5.19. The van der Waals surface area contributed by atoms with Gasteiger partial charge in [0.2, 0.25) is 0 Å². The molecule has 3 aliphatic rings. The third-order valence-corrected chi connectivity index (χ3v) is 5.18. The summed E-state index contributed by atoms with van der Waals surface area (Å²) in [6.45, 7) is 4.50. The van der Waals surface area contributed by atoms with Crippen molar-refractivity contribution in [2.24, 2.45) is 17.3 Å². The van der Waals surface area contributed by atoms with Crippen LogP contribution in [0.15, 0.2) is 24.3 Å². The van der Waals surface area contributed by atoms with Gasteiger partial charge in [0.05, 0.1) is 7.11 Å². The normalized spacial score (nSPS) is 32.8. The van der Waals surface area contributed by atoms with E-state index >= 15 is 0 Å². The van der Waals surface area contributed by atoms with Crippen molar-refractivity contribution in [1.82, 2.24) is 0 Å². The van der Waals surface area contributed by atoms with Crippen LogP contribution in [0.5, 0.6) is 5.75 Å². The molecular weight excluding hydrogens is 224 g/mol. The molecule has 2 nitrogen and oxygen atoms in total. The molecule has 3 saturated carbocycles. The number of ketones is 1. The molecule has 0 N–H and O–H groups in total. The van der Waals surface area contributed by atoms with Crippen LogP contribution in [0.4, 0.5) is 0 Å². The monoisotopic (exact) mass is 244 g/mol. The maximum absolute atomic E-state index is 12.1. The Morgan fingerprint density at radius 3 is 2.39 bits per heavy atom. The van der Waals surface area contributed by atoms with Gasteiger partial charge >= 0.3 is 0 Å². The van der Waals surface area contributed by atoms with Gasteiger partial charge in [0.25, 0.3) is 0 Å². The molecule has 0 aliphatic heterocycles. The molecule has 0 spiro atoms. The van der Waals surface area contributed by atoms with E-state index in [-0.39, 0.29) is 5.41 Å². The summed E-state index contributed by atoms with van der Waals surface area (Å²) in [5.41, 5.74) is 1.49. The minimum absolute atomic E-state index is 0.194. The molecule has 3 atom stereocenters. The average molecular weight is 244 g/mol. The quantitative estimate of drug-likeness (QED) is 0.797. The number of benzene rings is 1. The number of carbonyl (C=O) groups is 1. The topological polar surface area (TPSA) is 26.3 Å². The molecule has 0 radical (unpaired) electrons. The van der Waals surface area contributed by atoms with Crippen LogP contribution in [0.1, 0.15) is 38.2 Å². The Hall–Kier alpha value is -1.31. The van der Waals surface area contributed by atoms with E-state index in [0.717, 1.165) is 18.6 Å². The highest BCUT2D eigenvalue weighted by atomic mass is 16.5. The van der Waals surface area contributed by atoms with E-state index in [1.165, 1.54) is 5.56 Å². The summed E-state index contributed by atoms with van der Waals surface area (Å²) in [7, 11) is 1.68. The van der Waals surface area contributed by atoms with E-state index in [1.807, 2.05) is 12.1 Å². The summed E-state index contributed by atoms with van der Waals surface area (Å²) in [5, 5.41) is 0. The number of rotatable bonds is 2. The van der Waals surface area contributed by atoms with Gasteiger partial charge in [-0.15, -0.1) is 0 Å². The highest BCUT2D eigenvalue weighted by Gasteiger charge is 2.58. The molecule has 1 aromatic rings. The van der Waals surface area contributed by atoms with Gasteiger partial charge in [-0.1, -0.05) is 26.0 Å². The summed E-state index contributed by atoms with van der Waals surface area (Å²) in [6, 6.07) is 8.23. The van der Waals surface area contributed by atoms with Crippen molar-refractivity contribution >= 4 is 5.78 Å². The Morgan fingerprint density at radius 2 is 1.89 bits per heavy atom. The molecule has 2 heteroatoms. The predicted molar refractivity (Wildman–Crippen MR) is 70.7 cm³/mol. The number of carbonyl (C=O) groups excluding carboxylic acids is 1. The molecule has 0 amide bonds. The molecule has 2 bridgehead atoms. The number of hydrogen-bond acceptors (Lipinski definition) is 2. The van der Waals surface area contributed by atoms with Gasteiger partial charge in [-0.05, 0) is 41.4 Å². The molecule has 0 aromatic heterocycles. The van der Waals surface area contributed by atoms with E-state index in [9.17, 15) is 4.79 Å². The fraction of sp³-hybridized carbons (Fsp3) is 0.562. The van der Waals surface area contributed by atoms with Crippen molar-refractivity contribution in [3.05, 3.63) is 29.8 Å². The van der Waals surface area contributed by atoms with Gasteiger partial charge in [0.1, 0.15) is 11.5 Å². The Labute approximate surface area is 108 Å². The van der Waals surface area contributed by atoms with Crippen LogP contribution in [-0.2, 0) is 4.79 Å². The van der Waals surface area contributed by atoms with Crippen molar-refractivity contribution in [1.29, 1.82) is 0 Å². The third-order valence-electron chi connectivity index (χ3n) is 5.18. The van der Waals surface area contributed by atoms with Crippen LogP contribution in [0.3, 0.4) is 0 Å². The molecule has 0 unspecified atom stereocenters. The van der Waals surface area contributed by atoms with E-state index in [1.54, 1.807) is 7.11 Å². The number of ether oxygens (including phenoxy) is 1. The lowest BCUT2D eigenvalue weighted by Gasteiger charge is -2.59. The molecule has 18 heavy (non-hydrogen) atoms. The first-order chi connectivity index (χ1) is 8.54. The first-order valence-electron chi connectivity index (χ1n) is 6.70. The first-order valence-corrected chi connectivity index (χ1v) is 6.70.